The summed E-state index contributed by atoms with van der Waals surface area (Å²) >= 11 is 0. The summed E-state index contributed by atoms with van der Waals surface area (Å²) in [6.45, 7) is 3.50. The number of benzene rings is 1. The minimum absolute atomic E-state index is 0.0348. The molecule has 1 aromatic rings. The van der Waals surface area contributed by atoms with Gasteiger partial charge in [0.1, 0.15) is 0 Å². The Balaban J connectivity index is 2.95. The number of nitrogens with one attached hydrogen (secondary N) is 2. The highest BCUT2D eigenvalue weighted by atomic mass is 32.2. The molecule has 0 spiro atoms. The normalized spacial score (nSPS) is 14.2. The average molecular weight is 324 g/mol. The van der Waals surface area contributed by atoms with E-state index in [1.54, 1.807) is 13.1 Å². The molecule has 4 nitrogen and oxygen atoms in total. The number of alkyl halides is 3. The third kappa shape index (κ3) is 5.64. The van der Waals surface area contributed by atoms with Gasteiger partial charge in [-0.3, -0.25) is 0 Å². The Morgan fingerprint density at radius 2 is 1.90 bits per heavy atom. The quantitative estimate of drug-likeness (QED) is 0.844. The lowest BCUT2D eigenvalue weighted by Gasteiger charge is -2.16. The minimum atomic E-state index is -4.41. The predicted octanol–water partition coefficient (Wildman–Crippen LogP) is 2.33. The number of sulfonamides is 1. The second-order valence-electron chi connectivity index (χ2n) is 4.96. The van der Waals surface area contributed by atoms with Crippen LogP contribution in [0.5, 0.6) is 0 Å². The summed E-state index contributed by atoms with van der Waals surface area (Å²) in [6.07, 6.45) is -5.62. The fourth-order valence-electron chi connectivity index (χ4n) is 1.92. The van der Waals surface area contributed by atoms with Crippen molar-refractivity contribution in [2.75, 3.05) is 7.05 Å². The first-order valence-corrected chi connectivity index (χ1v) is 7.86. The Morgan fingerprint density at radius 3 is 2.43 bits per heavy atom. The predicted molar refractivity (Wildman–Crippen MR) is 74.4 cm³/mol. The maximum absolute atomic E-state index is 12.3. The molecule has 8 heteroatoms. The van der Waals surface area contributed by atoms with Gasteiger partial charge in [0.25, 0.3) is 0 Å². The van der Waals surface area contributed by atoms with Crippen molar-refractivity contribution < 1.29 is 21.6 Å². The molecule has 1 aromatic carbocycles. The van der Waals surface area contributed by atoms with E-state index in [0.717, 1.165) is 11.1 Å². The maximum Gasteiger partial charge on any atom is 0.390 e. The van der Waals surface area contributed by atoms with Gasteiger partial charge in [0, 0.05) is 12.6 Å². The lowest BCUT2D eigenvalue weighted by molar-refractivity contribution is -0.137. The van der Waals surface area contributed by atoms with Gasteiger partial charge in [0.15, 0.2) is 0 Å². The van der Waals surface area contributed by atoms with Crippen molar-refractivity contribution in [2.45, 2.75) is 43.9 Å². The van der Waals surface area contributed by atoms with Crippen LogP contribution in [0.2, 0.25) is 0 Å². The molecule has 0 amide bonds. The summed E-state index contributed by atoms with van der Waals surface area (Å²) in [5.74, 6) is 0. The molecule has 0 aromatic heterocycles. The first kappa shape index (κ1) is 17.9. The van der Waals surface area contributed by atoms with Gasteiger partial charge in [-0.2, -0.15) is 13.2 Å². The summed E-state index contributed by atoms with van der Waals surface area (Å²) in [6, 6.07) is 3.27. The van der Waals surface area contributed by atoms with E-state index in [9.17, 15) is 21.6 Å². The highest BCUT2D eigenvalue weighted by Crippen LogP contribution is 2.23. The Kier molecular flexibility index (Phi) is 5.77. The van der Waals surface area contributed by atoms with E-state index in [0.29, 0.717) is 6.54 Å². The van der Waals surface area contributed by atoms with Crippen molar-refractivity contribution in [2.24, 2.45) is 0 Å². The fraction of sp³-hybridized carbons (Fsp3) is 0.538. The Labute approximate surface area is 122 Å². The van der Waals surface area contributed by atoms with Crippen LogP contribution in [0.25, 0.3) is 0 Å². The lowest BCUT2D eigenvalue weighted by Crippen LogP contribution is -2.36. The molecule has 1 rings (SSSR count). The Morgan fingerprint density at radius 1 is 1.29 bits per heavy atom. The summed E-state index contributed by atoms with van der Waals surface area (Å²) in [5, 5.41) is 2.91. The van der Waals surface area contributed by atoms with Crippen molar-refractivity contribution in [3.05, 3.63) is 29.3 Å². The van der Waals surface area contributed by atoms with Crippen LogP contribution >= 0.6 is 0 Å². The van der Waals surface area contributed by atoms with E-state index in [4.69, 9.17) is 0 Å². The first-order chi connectivity index (χ1) is 9.55. The number of halogens is 3. The summed E-state index contributed by atoms with van der Waals surface area (Å²) < 4.78 is 63.0. The van der Waals surface area contributed by atoms with E-state index < -0.39 is 28.7 Å². The van der Waals surface area contributed by atoms with Gasteiger partial charge < -0.3 is 5.32 Å². The molecule has 120 valence electrons. The molecule has 0 saturated carbocycles. The fourth-order valence-corrected chi connectivity index (χ4v) is 3.21. The summed E-state index contributed by atoms with van der Waals surface area (Å²) in [7, 11) is -2.24. The Bertz CT molecular complexity index is 586. The first-order valence-electron chi connectivity index (χ1n) is 6.38. The average Bonchev–Trinajstić information content (AvgIpc) is 2.28. The van der Waals surface area contributed by atoms with Crippen LogP contribution in [-0.2, 0) is 16.6 Å². The Hall–Kier alpha value is -1.12. The third-order valence-corrected chi connectivity index (χ3v) is 4.48. The van der Waals surface area contributed by atoms with Crippen LogP contribution in [-0.4, -0.2) is 27.7 Å². The van der Waals surface area contributed by atoms with E-state index in [1.807, 2.05) is 11.6 Å². The number of hydrogen-bond acceptors (Lipinski definition) is 3. The zero-order chi connectivity index (χ0) is 16.3. The van der Waals surface area contributed by atoms with Gasteiger partial charge in [0.2, 0.25) is 10.0 Å². The molecule has 0 fully saturated rings. The monoisotopic (exact) mass is 324 g/mol. The largest absolute Gasteiger partial charge is 0.390 e. The second kappa shape index (κ2) is 6.76. The van der Waals surface area contributed by atoms with Crippen molar-refractivity contribution in [3.63, 3.8) is 0 Å². The molecule has 0 aliphatic rings. The van der Waals surface area contributed by atoms with Crippen molar-refractivity contribution in [1.29, 1.82) is 0 Å². The molecule has 21 heavy (non-hydrogen) atoms. The van der Waals surface area contributed by atoms with Crippen LogP contribution in [0.4, 0.5) is 13.2 Å². The molecular formula is C13H19F3N2O2S. The van der Waals surface area contributed by atoms with Gasteiger partial charge in [-0.1, -0.05) is 6.07 Å². The molecule has 0 bridgehead atoms. The van der Waals surface area contributed by atoms with E-state index in [1.165, 1.54) is 19.1 Å². The molecule has 0 aliphatic carbocycles. The number of aryl methyl sites for hydroxylation is 1. The van der Waals surface area contributed by atoms with Gasteiger partial charge in [0.05, 0.1) is 11.3 Å². The molecule has 2 N–H and O–H groups in total. The second-order valence-corrected chi connectivity index (χ2v) is 6.67. The van der Waals surface area contributed by atoms with Crippen molar-refractivity contribution in [1.82, 2.24) is 10.0 Å². The van der Waals surface area contributed by atoms with E-state index >= 15 is 0 Å². The van der Waals surface area contributed by atoms with Crippen LogP contribution in [0, 0.1) is 6.92 Å². The maximum atomic E-state index is 12.3. The standard InChI is InChI=1S/C13H19F3N2O2S/c1-9-4-5-12(6-11(9)8-17-3)21(19,20)18-10(2)7-13(14,15)16/h4-6,10,17-18H,7-8H2,1-3H3. The molecule has 1 unspecified atom stereocenters. The van der Waals surface area contributed by atoms with Crippen LogP contribution in [0.15, 0.2) is 23.1 Å². The lowest BCUT2D eigenvalue weighted by atomic mass is 10.1. The highest BCUT2D eigenvalue weighted by molar-refractivity contribution is 7.89. The van der Waals surface area contributed by atoms with E-state index in [-0.39, 0.29) is 4.90 Å². The number of hydrogen-bond donors (Lipinski definition) is 2. The van der Waals surface area contributed by atoms with E-state index in [2.05, 4.69) is 5.32 Å². The van der Waals surface area contributed by atoms with Gasteiger partial charge in [-0.25, -0.2) is 13.1 Å². The van der Waals surface area contributed by atoms with Gasteiger partial charge in [-0.15, -0.1) is 0 Å². The smallest absolute Gasteiger partial charge is 0.316 e. The topological polar surface area (TPSA) is 58.2 Å². The van der Waals surface area contributed by atoms with Gasteiger partial charge >= 0.3 is 6.18 Å². The van der Waals surface area contributed by atoms with Gasteiger partial charge in [-0.05, 0) is 44.2 Å². The third-order valence-electron chi connectivity index (χ3n) is 2.89. The summed E-state index contributed by atoms with van der Waals surface area (Å²) in [5.41, 5.74) is 1.69. The number of rotatable bonds is 6. The van der Waals surface area contributed by atoms with Crippen molar-refractivity contribution >= 4 is 10.0 Å². The highest BCUT2D eigenvalue weighted by Gasteiger charge is 2.32. The van der Waals surface area contributed by atoms with Crippen LogP contribution < -0.4 is 10.0 Å². The molecule has 0 saturated heterocycles. The molecule has 0 aliphatic heterocycles. The van der Waals surface area contributed by atoms with Crippen LogP contribution in [0.1, 0.15) is 24.5 Å². The molecular weight excluding hydrogens is 305 g/mol. The van der Waals surface area contributed by atoms with Crippen molar-refractivity contribution in [3.8, 4) is 0 Å². The zero-order valence-electron chi connectivity index (χ0n) is 12.1. The van der Waals surface area contributed by atoms with Crippen LogP contribution in [0.3, 0.4) is 0 Å². The molecule has 1 atom stereocenters. The molecule has 0 radical (unpaired) electrons. The minimum Gasteiger partial charge on any atom is -0.316 e. The zero-order valence-corrected chi connectivity index (χ0v) is 12.9. The summed E-state index contributed by atoms with van der Waals surface area (Å²) in [4.78, 5) is -0.0348. The SMILES string of the molecule is CNCc1cc(S(=O)(=O)NC(C)CC(F)(F)F)ccc1C. The molecule has 0 heterocycles.